The predicted octanol–water partition coefficient (Wildman–Crippen LogP) is 2.70. The number of alkyl carbamates (subject to hydrolysis) is 1. The van der Waals surface area contributed by atoms with Gasteiger partial charge in [0.15, 0.2) is 0 Å². The molecule has 0 radical (unpaired) electrons. The van der Waals surface area contributed by atoms with Crippen LogP contribution >= 0.6 is 0 Å². The average molecular weight is 604 g/mol. The average Bonchev–Trinajstić information content (AvgIpc) is 3.02. The van der Waals surface area contributed by atoms with Crippen molar-refractivity contribution in [3.8, 4) is 0 Å². The number of amides is 3. The summed E-state index contributed by atoms with van der Waals surface area (Å²) in [5.41, 5.74) is 1.57. The third-order valence-corrected chi connectivity index (χ3v) is 9.09. The second-order valence-electron chi connectivity index (χ2n) is 9.24. The molecule has 0 aliphatic heterocycles. The molecule has 2 aromatic rings. The van der Waals surface area contributed by atoms with Gasteiger partial charge in [0.1, 0.15) is 19.3 Å². The molecule has 0 saturated carbocycles. The van der Waals surface area contributed by atoms with Crippen molar-refractivity contribution in [1.29, 1.82) is 0 Å². The van der Waals surface area contributed by atoms with Crippen LogP contribution < -0.4 is 16.0 Å². The van der Waals surface area contributed by atoms with Gasteiger partial charge in [-0.3, -0.25) is 9.59 Å². The maximum absolute atomic E-state index is 12.8. The van der Waals surface area contributed by atoms with Crippen LogP contribution in [0.15, 0.2) is 60.7 Å². The molecule has 2 rings (SSSR count). The molecule has 1 atom stereocenters. The zero-order valence-corrected chi connectivity index (χ0v) is 25.4. The molecule has 0 heterocycles. The Labute approximate surface area is 247 Å². The molecule has 0 bridgehead atoms. The Morgan fingerprint density at radius 1 is 0.714 bits per heavy atom. The number of hydrogen-bond acceptors (Lipinski definition) is 9. The molecule has 0 aliphatic carbocycles. The molecule has 42 heavy (non-hydrogen) atoms. The molecule has 3 N–H and O–H groups in total. The van der Waals surface area contributed by atoms with Crippen LogP contribution in [0.4, 0.5) is 4.79 Å². The molecule has 0 unspecified atom stereocenters. The monoisotopic (exact) mass is 603 g/mol. The number of hydrogen-bond donors (Lipinski definition) is 3. The highest BCUT2D eigenvalue weighted by Gasteiger charge is 2.36. The lowest BCUT2D eigenvalue weighted by Gasteiger charge is -2.24. The number of carbonyl (C=O) groups is 4. The molecule has 230 valence electrons. The van der Waals surface area contributed by atoms with Crippen molar-refractivity contribution >= 4 is 32.7 Å². The van der Waals surface area contributed by atoms with Crippen molar-refractivity contribution in [3.05, 3.63) is 71.8 Å². The Balaban J connectivity index is 1.77. The molecule has 12 nitrogen and oxygen atoms in total. The predicted molar refractivity (Wildman–Crippen MR) is 156 cm³/mol. The lowest BCUT2D eigenvalue weighted by atomic mass is 10.1. The van der Waals surface area contributed by atoms with E-state index < -0.39 is 26.9 Å². The van der Waals surface area contributed by atoms with Crippen LogP contribution in [0.5, 0.6) is 0 Å². The minimum Gasteiger partial charge on any atom is -0.459 e. The first-order valence-electron chi connectivity index (χ1n) is 13.7. The lowest BCUT2D eigenvalue weighted by Crippen LogP contribution is -2.43. The quantitative estimate of drug-likeness (QED) is 0.125. The Morgan fingerprint density at radius 2 is 1.24 bits per heavy atom. The van der Waals surface area contributed by atoms with Gasteiger partial charge in [-0.25, -0.2) is 9.59 Å². The van der Waals surface area contributed by atoms with Crippen LogP contribution in [-0.4, -0.2) is 73.1 Å². The molecule has 2 aromatic carbocycles. The fourth-order valence-corrected chi connectivity index (χ4v) is 5.56. The van der Waals surface area contributed by atoms with Gasteiger partial charge in [-0.15, -0.1) is 0 Å². The van der Waals surface area contributed by atoms with Gasteiger partial charge in [0, 0.05) is 53.3 Å². The van der Waals surface area contributed by atoms with Crippen LogP contribution in [0.25, 0.3) is 0 Å². The zero-order chi connectivity index (χ0) is 30.6. The third kappa shape index (κ3) is 13.3. The van der Waals surface area contributed by atoms with Gasteiger partial charge in [-0.1, -0.05) is 60.7 Å². The normalized spacial score (nSPS) is 11.7. The van der Waals surface area contributed by atoms with E-state index in [4.69, 9.17) is 22.8 Å². The maximum Gasteiger partial charge on any atom is 0.500 e. The fourth-order valence-electron chi connectivity index (χ4n) is 3.84. The highest BCUT2D eigenvalue weighted by molar-refractivity contribution is 6.60. The summed E-state index contributed by atoms with van der Waals surface area (Å²) in [6.07, 6.45) is -0.207. The molecule has 0 saturated heterocycles. The number of ether oxygens (including phenoxy) is 2. The second kappa shape index (κ2) is 19.4. The van der Waals surface area contributed by atoms with Crippen LogP contribution in [0.1, 0.15) is 36.8 Å². The Kier molecular flexibility index (Phi) is 15.9. The van der Waals surface area contributed by atoms with Gasteiger partial charge in [0.05, 0.1) is 0 Å². The van der Waals surface area contributed by atoms with Gasteiger partial charge >= 0.3 is 20.9 Å². The largest absolute Gasteiger partial charge is 0.500 e. The van der Waals surface area contributed by atoms with E-state index in [1.54, 1.807) is 24.3 Å². The number of benzene rings is 2. The van der Waals surface area contributed by atoms with Crippen LogP contribution in [0.2, 0.25) is 6.04 Å². The standard InChI is InChI=1S/C29H41N3O9Si/c1-37-42(38-2,39-3)20-10-18-30-27(34)17-19-31-26(33)16-15-25(28(35)40-21-23-11-6-4-7-12-23)32-29(36)41-22-24-13-8-5-9-14-24/h4-9,11-14,25H,10,15-22H2,1-3H3,(H,30,34)(H,31,33)(H,32,36)/t25-/m0/s1. The number of nitrogens with one attached hydrogen (secondary N) is 3. The van der Waals surface area contributed by atoms with E-state index in [0.717, 1.165) is 11.1 Å². The van der Waals surface area contributed by atoms with Gasteiger partial charge in [0.25, 0.3) is 0 Å². The van der Waals surface area contributed by atoms with E-state index in [0.29, 0.717) is 19.0 Å². The van der Waals surface area contributed by atoms with Crippen molar-refractivity contribution in [2.75, 3.05) is 34.4 Å². The topological polar surface area (TPSA) is 151 Å². The Bertz CT molecular complexity index is 1090. The van der Waals surface area contributed by atoms with E-state index in [1.165, 1.54) is 21.3 Å². The van der Waals surface area contributed by atoms with Crippen LogP contribution in [0, 0.1) is 0 Å². The van der Waals surface area contributed by atoms with E-state index in [2.05, 4.69) is 16.0 Å². The highest BCUT2D eigenvalue weighted by Crippen LogP contribution is 2.14. The minimum absolute atomic E-state index is 0.0176. The summed E-state index contributed by atoms with van der Waals surface area (Å²) in [5.74, 6) is -1.29. The van der Waals surface area contributed by atoms with Crippen LogP contribution in [0.3, 0.4) is 0 Å². The third-order valence-electron chi connectivity index (χ3n) is 6.26. The van der Waals surface area contributed by atoms with Crippen LogP contribution in [-0.2, 0) is 50.3 Å². The molecule has 0 fully saturated rings. The number of carbonyl (C=O) groups excluding carboxylic acids is 4. The second-order valence-corrected chi connectivity index (χ2v) is 12.3. The number of rotatable bonds is 19. The van der Waals surface area contributed by atoms with Gasteiger partial charge in [-0.2, -0.15) is 0 Å². The van der Waals surface area contributed by atoms with Crippen molar-refractivity contribution in [1.82, 2.24) is 16.0 Å². The first-order valence-corrected chi connectivity index (χ1v) is 15.6. The smallest absolute Gasteiger partial charge is 0.459 e. The minimum atomic E-state index is -2.69. The first kappa shape index (κ1) is 34.4. The van der Waals surface area contributed by atoms with E-state index in [9.17, 15) is 19.2 Å². The van der Waals surface area contributed by atoms with Gasteiger partial charge in [0.2, 0.25) is 11.8 Å². The number of esters is 1. The van der Waals surface area contributed by atoms with E-state index in [-0.39, 0.29) is 50.8 Å². The highest BCUT2D eigenvalue weighted by atomic mass is 28.4. The molecule has 13 heteroatoms. The van der Waals surface area contributed by atoms with E-state index in [1.807, 2.05) is 36.4 Å². The Morgan fingerprint density at radius 3 is 1.81 bits per heavy atom. The molecule has 3 amide bonds. The SMILES string of the molecule is CO[Si](CCCNC(=O)CCNC(=O)CC[C@H](NC(=O)OCc1ccccc1)C(=O)OCc1ccccc1)(OC)OC. The Hall–Kier alpha value is -3.78. The van der Waals surface area contributed by atoms with Crippen molar-refractivity contribution in [2.45, 2.75) is 51.0 Å². The van der Waals surface area contributed by atoms with Crippen molar-refractivity contribution in [2.24, 2.45) is 0 Å². The summed E-state index contributed by atoms with van der Waals surface area (Å²) in [5, 5.41) is 7.94. The maximum atomic E-state index is 12.8. The van der Waals surface area contributed by atoms with Gasteiger partial charge in [-0.05, 0) is 24.0 Å². The lowest BCUT2D eigenvalue weighted by molar-refractivity contribution is -0.147. The van der Waals surface area contributed by atoms with E-state index >= 15 is 0 Å². The molecule has 0 aromatic heterocycles. The van der Waals surface area contributed by atoms with Gasteiger partial charge < -0.3 is 38.7 Å². The summed E-state index contributed by atoms with van der Waals surface area (Å²) >= 11 is 0. The fraction of sp³-hybridized carbons (Fsp3) is 0.448. The summed E-state index contributed by atoms with van der Waals surface area (Å²) in [4.78, 5) is 49.7. The molecule has 0 aliphatic rings. The summed E-state index contributed by atoms with van der Waals surface area (Å²) in [6.45, 7) is 0.572. The summed E-state index contributed by atoms with van der Waals surface area (Å²) < 4.78 is 26.6. The molecular weight excluding hydrogens is 562 g/mol. The first-order chi connectivity index (χ1) is 20.3. The van der Waals surface area contributed by atoms with Crippen molar-refractivity contribution < 1.29 is 41.9 Å². The molecular formula is C29H41N3O9Si. The van der Waals surface area contributed by atoms with Crippen molar-refractivity contribution in [3.63, 3.8) is 0 Å². The summed E-state index contributed by atoms with van der Waals surface area (Å²) in [6, 6.07) is 17.6. The summed E-state index contributed by atoms with van der Waals surface area (Å²) in [7, 11) is 1.91. The zero-order valence-electron chi connectivity index (χ0n) is 24.4. The molecule has 0 spiro atoms.